The molecule has 1 atom stereocenters. The summed E-state index contributed by atoms with van der Waals surface area (Å²) in [6.45, 7) is 0. The predicted molar refractivity (Wildman–Crippen MR) is 86.5 cm³/mol. The first-order chi connectivity index (χ1) is 11.9. The number of benzene rings is 2. The van der Waals surface area contributed by atoms with Crippen molar-refractivity contribution in [1.82, 2.24) is 5.32 Å². The first kappa shape index (κ1) is 18.1. The first-order valence-corrected chi connectivity index (χ1v) is 7.29. The van der Waals surface area contributed by atoms with Crippen LogP contribution in [-0.4, -0.2) is 30.0 Å². The number of carbonyl (C=O) groups is 2. The van der Waals surface area contributed by atoms with Crippen LogP contribution >= 0.6 is 0 Å². The Morgan fingerprint density at radius 1 is 1.24 bits per heavy atom. The highest BCUT2D eigenvalue weighted by atomic mass is 19.1. The molecule has 2 aromatic rings. The largest absolute Gasteiger partial charge is 0.467 e. The van der Waals surface area contributed by atoms with Crippen molar-refractivity contribution in [3.63, 3.8) is 0 Å². The van der Waals surface area contributed by atoms with Crippen molar-refractivity contribution in [3.05, 3.63) is 75.6 Å². The van der Waals surface area contributed by atoms with E-state index in [1.54, 1.807) is 6.07 Å². The lowest BCUT2D eigenvalue weighted by Crippen LogP contribution is -2.43. The second-order valence-electron chi connectivity index (χ2n) is 5.15. The third kappa shape index (κ3) is 4.60. The summed E-state index contributed by atoms with van der Waals surface area (Å²) in [7, 11) is 1.15. The molecule has 0 aliphatic heterocycles. The van der Waals surface area contributed by atoms with Gasteiger partial charge in [0.25, 0.3) is 11.6 Å². The maximum atomic E-state index is 13.8. The Morgan fingerprint density at radius 3 is 2.60 bits per heavy atom. The molecule has 0 bridgehead atoms. The molecule has 130 valence electrons. The molecule has 1 amide bonds. The first-order valence-electron chi connectivity index (χ1n) is 7.29. The number of methoxy groups -OCH3 is 1. The lowest BCUT2D eigenvalue weighted by molar-refractivity contribution is -0.384. The molecule has 2 rings (SSSR count). The summed E-state index contributed by atoms with van der Waals surface area (Å²) in [4.78, 5) is 34.4. The van der Waals surface area contributed by atoms with Gasteiger partial charge < -0.3 is 10.1 Å². The van der Waals surface area contributed by atoms with Crippen LogP contribution in [-0.2, 0) is 16.0 Å². The summed E-state index contributed by atoms with van der Waals surface area (Å²) < 4.78 is 18.4. The molecule has 0 aliphatic rings. The Bertz CT molecular complexity index is 809. The van der Waals surface area contributed by atoms with E-state index in [0.717, 1.165) is 13.2 Å². The molecule has 0 radical (unpaired) electrons. The maximum Gasteiger partial charge on any atom is 0.328 e. The van der Waals surface area contributed by atoms with Crippen LogP contribution in [0.1, 0.15) is 15.9 Å². The molecule has 7 nitrogen and oxygen atoms in total. The van der Waals surface area contributed by atoms with E-state index in [2.05, 4.69) is 10.1 Å². The van der Waals surface area contributed by atoms with Gasteiger partial charge in [-0.05, 0) is 17.7 Å². The van der Waals surface area contributed by atoms with Gasteiger partial charge in [-0.15, -0.1) is 0 Å². The Labute approximate surface area is 142 Å². The lowest BCUT2D eigenvalue weighted by atomic mass is 10.0. The number of nitro groups is 1. The summed E-state index contributed by atoms with van der Waals surface area (Å²) in [6.07, 6.45) is -0.111. The van der Waals surface area contributed by atoms with Crippen molar-refractivity contribution >= 4 is 17.6 Å². The minimum Gasteiger partial charge on any atom is -0.467 e. The van der Waals surface area contributed by atoms with Crippen LogP contribution in [0.25, 0.3) is 0 Å². The summed E-state index contributed by atoms with van der Waals surface area (Å²) in [6, 6.07) is 9.78. The van der Waals surface area contributed by atoms with E-state index >= 15 is 0 Å². The van der Waals surface area contributed by atoms with Gasteiger partial charge in [0, 0.05) is 24.1 Å². The monoisotopic (exact) mass is 346 g/mol. The van der Waals surface area contributed by atoms with Gasteiger partial charge in [0.15, 0.2) is 0 Å². The average molecular weight is 346 g/mol. The number of nitrogens with one attached hydrogen (secondary N) is 1. The highest BCUT2D eigenvalue weighted by Gasteiger charge is 2.24. The summed E-state index contributed by atoms with van der Waals surface area (Å²) in [5.41, 5.74) is -0.00903. The molecule has 0 fully saturated rings. The van der Waals surface area contributed by atoms with Crippen LogP contribution < -0.4 is 5.32 Å². The van der Waals surface area contributed by atoms with E-state index in [9.17, 15) is 24.1 Å². The van der Waals surface area contributed by atoms with E-state index in [0.29, 0.717) is 0 Å². The van der Waals surface area contributed by atoms with Crippen molar-refractivity contribution in [2.45, 2.75) is 12.5 Å². The molecule has 1 N–H and O–H groups in total. The zero-order valence-electron chi connectivity index (χ0n) is 13.3. The van der Waals surface area contributed by atoms with Gasteiger partial charge >= 0.3 is 5.97 Å². The van der Waals surface area contributed by atoms with E-state index in [1.165, 1.54) is 36.4 Å². The molecule has 2 aromatic carbocycles. The van der Waals surface area contributed by atoms with Gasteiger partial charge in [0.05, 0.1) is 12.0 Å². The number of hydrogen-bond acceptors (Lipinski definition) is 5. The van der Waals surface area contributed by atoms with Gasteiger partial charge in [0.1, 0.15) is 11.9 Å². The van der Waals surface area contributed by atoms with E-state index in [-0.39, 0.29) is 23.2 Å². The number of hydrogen-bond donors (Lipinski definition) is 1. The second kappa shape index (κ2) is 8.00. The van der Waals surface area contributed by atoms with Crippen LogP contribution in [0, 0.1) is 15.9 Å². The third-order valence-electron chi connectivity index (χ3n) is 3.49. The average Bonchev–Trinajstić information content (AvgIpc) is 2.62. The molecule has 0 unspecified atom stereocenters. The number of ether oxygens (including phenoxy) is 1. The number of non-ortho nitro benzene ring substituents is 1. The summed E-state index contributed by atoms with van der Waals surface area (Å²) in [5.74, 6) is -1.96. The highest BCUT2D eigenvalue weighted by Crippen LogP contribution is 2.14. The van der Waals surface area contributed by atoms with E-state index in [4.69, 9.17) is 0 Å². The number of rotatable bonds is 6. The van der Waals surface area contributed by atoms with Gasteiger partial charge in [0.2, 0.25) is 0 Å². The number of esters is 1. The van der Waals surface area contributed by atoms with Crippen molar-refractivity contribution in [1.29, 1.82) is 0 Å². The molecular weight excluding hydrogens is 331 g/mol. The molecule has 0 saturated carbocycles. The zero-order valence-corrected chi connectivity index (χ0v) is 13.3. The maximum absolute atomic E-state index is 13.8. The SMILES string of the molecule is COC(=O)[C@@H](Cc1ccccc1F)NC(=O)c1cccc([N+](=O)[O-])c1. The van der Waals surface area contributed by atoms with Gasteiger partial charge in [-0.3, -0.25) is 14.9 Å². The van der Waals surface area contributed by atoms with Crippen molar-refractivity contribution in [3.8, 4) is 0 Å². The lowest BCUT2D eigenvalue weighted by Gasteiger charge is -2.17. The normalized spacial score (nSPS) is 11.4. The van der Waals surface area contributed by atoms with Crippen LogP contribution in [0.3, 0.4) is 0 Å². The van der Waals surface area contributed by atoms with Gasteiger partial charge in [-0.1, -0.05) is 24.3 Å². The number of nitro benzene ring substituents is 1. The molecule has 8 heteroatoms. The molecule has 0 spiro atoms. The standard InChI is InChI=1S/C17H15FN2O5/c1-25-17(22)15(10-11-5-2-3-8-14(11)18)19-16(21)12-6-4-7-13(9-12)20(23)24/h2-9,15H,10H2,1H3,(H,19,21)/t15-/m1/s1. The Balaban J connectivity index is 2.21. The van der Waals surface area contributed by atoms with Gasteiger partial charge in [-0.2, -0.15) is 0 Å². The quantitative estimate of drug-likeness (QED) is 0.491. The number of amides is 1. The fourth-order valence-corrected chi connectivity index (χ4v) is 2.22. The molecular formula is C17H15FN2O5. The fraction of sp³-hybridized carbons (Fsp3) is 0.176. The molecule has 25 heavy (non-hydrogen) atoms. The van der Waals surface area contributed by atoms with E-state index in [1.807, 2.05) is 0 Å². The van der Waals surface area contributed by atoms with E-state index < -0.39 is 28.7 Å². The summed E-state index contributed by atoms with van der Waals surface area (Å²) >= 11 is 0. The minimum atomic E-state index is -1.13. The van der Waals surface area contributed by atoms with Crippen LogP contribution in [0.15, 0.2) is 48.5 Å². The highest BCUT2D eigenvalue weighted by molar-refractivity contribution is 5.97. The zero-order chi connectivity index (χ0) is 18.4. The van der Waals surface area contributed by atoms with Crippen molar-refractivity contribution in [2.24, 2.45) is 0 Å². The van der Waals surface area contributed by atoms with Crippen LogP contribution in [0.4, 0.5) is 10.1 Å². The molecule has 0 heterocycles. The second-order valence-corrected chi connectivity index (χ2v) is 5.15. The van der Waals surface area contributed by atoms with Crippen molar-refractivity contribution in [2.75, 3.05) is 7.11 Å². The topological polar surface area (TPSA) is 98.5 Å². The summed E-state index contributed by atoms with van der Waals surface area (Å²) in [5, 5.41) is 13.2. The molecule has 0 saturated heterocycles. The number of halogens is 1. The smallest absolute Gasteiger partial charge is 0.328 e. The predicted octanol–water partition coefficient (Wildman–Crippen LogP) is 2.25. The Hall–Kier alpha value is -3.29. The van der Waals surface area contributed by atoms with Crippen LogP contribution in [0.5, 0.6) is 0 Å². The number of carbonyl (C=O) groups excluding carboxylic acids is 2. The van der Waals surface area contributed by atoms with Gasteiger partial charge in [-0.25, -0.2) is 9.18 Å². The molecule has 0 aliphatic carbocycles. The minimum absolute atomic E-state index is 0.0108. The number of nitrogens with zero attached hydrogens (tertiary/aromatic N) is 1. The molecule has 0 aromatic heterocycles. The fourth-order valence-electron chi connectivity index (χ4n) is 2.22. The Kier molecular flexibility index (Phi) is 5.78. The van der Waals surface area contributed by atoms with Crippen LogP contribution in [0.2, 0.25) is 0 Å². The third-order valence-corrected chi connectivity index (χ3v) is 3.49. The Morgan fingerprint density at radius 2 is 1.96 bits per heavy atom. The van der Waals surface area contributed by atoms with Crippen molar-refractivity contribution < 1.29 is 23.6 Å².